The van der Waals surface area contributed by atoms with Gasteiger partial charge in [0.1, 0.15) is 11.6 Å². The van der Waals surface area contributed by atoms with Crippen LogP contribution in [0.4, 0.5) is 10.1 Å². The molecule has 1 heterocycles. The lowest BCUT2D eigenvalue weighted by Crippen LogP contribution is -2.24. The van der Waals surface area contributed by atoms with Gasteiger partial charge in [-0.1, -0.05) is 23.7 Å². The quantitative estimate of drug-likeness (QED) is 0.521. The van der Waals surface area contributed by atoms with E-state index in [0.717, 1.165) is 18.6 Å². The van der Waals surface area contributed by atoms with Gasteiger partial charge in [0.15, 0.2) is 19.0 Å². The van der Waals surface area contributed by atoms with E-state index in [-0.39, 0.29) is 16.7 Å². The van der Waals surface area contributed by atoms with Gasteiger partial charge in [-0.2, -0.15) is 0 Å². The summed E-state index contributed by atoms with van der Waals surface area (Å²) in [6, 6.07) is 10.1. The van der Waals surface area contributed by atoms with Crippen LogP contribution in [0.25, 0.3) is 0 Å². The molecule has 0 bridgehead atoms. The predicted molar refractivity (Wildman–Crippen MR) is 100 cm³/mol. The molecule has 2 aromatic rings. The first-order valence-corrected chi connectivity index (χ1v) is 8.99. The van der Waals surface area contributed by atoms with Crippen molar-refractivity contribution in [3.63, 3.8) is 0 Å². The minimum Gasteiger partial charge on any atom is -0.480 e. The number of ether oxygens (including phenoxy) is 2. The molecular formula is C20H17ClFNO5. The van der Waals surface area contributed by atoms with Crippen molar-refractivity contribution in [2.45, 2.75) is 12.8 Å². The molecule has 0 unspecified atom stereocenters. The minimum absolute atomic E-state index is 0.0210. The van der Waals surface area contributed by atoms with Crippen LogP contribution in [-0.2, 0) is 14.3 Å². The summed E-state index contributed by atoms with van der Waals surface area (Å²) in [5.74, 6) is -1.54. The summed E-state index contributed by atoms with van der Waals surface area (Å²) in [5.41, 5.74) is 0.987. The molecule has 0 aromatic heterocycles. The highest BCUT2D eigenvalue weighted by Crippen LogP contribution is 2.25. The van der Waals surface area contributed by atoms with Crippen molar-refractivity contribution in [2.24, 2.45) is 0 Å². The van der Waals surface area contributed by atoms with Gasteiger partial charge < -0.3 is 14.4 Å². The number of hydrogen-bond acceptors (Lipinski definition) is 5. The molecule has 8 heteroatoms. The van der Waals surface area contributed by atoms with Crippen LogP contribution >= 0.6 is 11.6 Å². The van der Waals surface area contributed by atoms with Gasteiger partial charge >= 0.3 is 5.97 Å². The number of anilines is 1. The number of benzene rings is 2. The number of carbonyl (C=O) groups excluding carboxylic acids is 3. The molecule has 0 atom stereocenters. The maximum Gasteiger partial charge on any atom is 0.344 e. The average molecular weight is 406 g/mol. The van der Waals surface area contributed by atoms with Crippen molar-refractivity contribution in [1.82, 2.24) is 0 Å². The molecule has 146 valence electrons. The second-order valence-corrected chi connectivity index (χ2v) is 6.55. The monoisotopic (exact) mass is 405 g/mol. The van der Waals surface area contributed by atoms with E-state index in [1.54, 1.807) is 29.2 Å². The third kappa shape index (κ3) is 4.86. The highest BCUT2D eigenvalue weighted by atomic mass is 35.5. The van der Waals surface area contributed by atoms with Crippen LogP contribution in [0.3, 0.4) is 0 Å². The number of amides is 1. The number of carbonyl (C=O) groups is 3. The topological polar surface area (TPSA) is 72.9 Å². The largest absolute Gasteiger partial charge is 0.480 e. The highest BCUT2D eigenvalue weighted by Gasteiger charge is 2.22. The summed E-state index contributed by atoms with van der Waals surface area (Å²) in [6.07, 6.45) is 1.28. The minimum atomic E-state index is -0.764. The molecule has 1 amide bonds. The molecule has 1 aliphatic rings. The summed E-state index contributed by atoms with van der Waals surface area (Å²) in [4.78, 5) is 37.5. The maximum atomic E-state index is 13.0. The fourth-order valence-corrected chi connectivity index (χ4v) is 2.99. The Kier molecular flexibility index (Phi) is 6.26. The summed E-state index contributed by atoms with van der Waals surface area (Å²) in [7, 11) is 0. The second-order valence-electron chi connectivity index (χ2n) is 6.15. The zero-order valence-electron chi connectivity index (χ0n) is 14.8. The standard InChI is InChI=1S/C20H17ClFNO5/c21-16-10-14(22)6-7-18(16)27-12-20(26)28-11-17(24)13-3-1-4-15(9-13)23-8-2-5-19(23)25/h1,3-4,6-7,9-10H,2,5,8,11-12H2. The van der Waals surface area contributed by atoms with E-state index in [1.165, 1.54) is 6.07 Å². The summed E-state index contributed by atoms with van der Waals surface area (Å²) in [6.45, 7) is -0.313. The first kappa shape index (κ1) is 19.8. The van der Waals surface area contributed by atoms with Crippen molar-refractivity contribution in [3.8, 4) is 5.75 Å². The molecule has 0 aliphatic carbocycles. The van der Waals surface area contributed by atoms with Gasteiger partial charge in [-0.15, -0.1) is 0 Å². The van der Waals surface area contributed by atoms with Crippen molar-refractivity contribution in [1.29, 1.82) is 0 Å². The predicted octanol–water partition coefficient (Wildman–Crippen LogP) is 3.41. The second kappa shape index (κ2) is 8.84. The number of esters is 1. The fraction of sp³-hybridized carbons (Fsp3) is 0.250. The van der Waals surface area contributed by atoms with Crippen LogP contribution in [0, 0.1) is 5.82 Å². The van der Waals surface area contributed by atoms with E-state index in [0.29, 0.717) is 24.2 Å². The molecular weight excluding hydrogens is 389 g/mol. The molecule has 1 aliphatic heterocycles. The van der Waals surface area contributed by atoms with Crippen molar-refractivity contribution in [3.05, 3.63) is 58.9 Å². The Bertz CT molecular complexity index is 917. The average Bonchev–Trinajstić information content (AvgIpc) is 3.11. The van der Waals surface area contributed by atoms with E-state index in [1.807, 2.05) is 0 Å². The van der Waals surface area contributed by atoms with Crippen molar-refractivity contribution >= 4 is 34.9 Å². The van der Waals surface area contributed by atoms with Crippen molar-refractivity contribution < 1.29 is 28.2 Å². The van der Waals surface area contributed by atoms with Crippen LogP contribution in [0.2, 0.25) is 5.02 Å². The maximum absolute atomic E-state index is 13.0. The molecule has 0 saturated carbocycles. The molecule has 2 aromatic carbocycles. The Balaban J connectivity index is 1.52. The van der Waals surface area contributed by atoms with Gasteiger partial charge in [0.25, 0.3) is 0 Å². The van der Waals surface area contributed by atoms with Gasteiger partial charge in [0.2, 0.25) is 5.91 Å². The molecule has 0 spiro atoms. The molecule has 0 radical (unpaired) electrons. The first-order chi connectivity index (χ1) is 13.4. The first-order valence-electron chi connectivity index (χ1n) is 8.61. The Morgan fingerprint density at radius 3 is 2.68 bits per heavy atom. The molecule has 0 N–H and O–H groups in total. The number of Topliss-reactive ketones (excluding diaryl/α,β-unsaturated/α-hetero) is 1. The van der Waals surface area contributed by atoms with Gasteiger partial charge in [0, 0.05) is 24.2 Å². The SMILES string of the molecule is O=C(COc1ccc(F)cc1Cl)OCC(=O)c1cccc(N2CCCC2=O)c1. The molecule has 28 heavy (non-hydrogen) atoms. The third-order valence-electron chi connectivity index (χ3n) is 4.16. The van der Waals surface area contributed by atoms with Crippen LogP contribution in [0.1, 0.15) is 23.2 Å². The number of halogens is 2. The number of nitrogens with zero attached hydrogens (tertiary/aromatic N) is 1. The Labute approximate surface area is 165 Å². The van der Waals surface area contributed by atoms with E-state index in [2.05, 4.69) is 0 Å². The summed E-state index contributed by atoms with van der Waals surface area (Å²) >= 11 is 5.80. The molecule has 3 rings (SSSR count). The van der Waals surface area contributed by atoms with Gasteiger partial charge in [-0.05, 0) is 36.8 Å². The lowest BCUT2D eigenvalue weighted by atomic mass is 10.1. The van der Waals surface area contributed by atoms with E-state index in [9.17, 15) is 18.8 Å². The summed E-state index contributed by atoms with van der Waals surface area (Å²) in [5, 5.41) is 0.0251. The van der Waals surface area contributed by atoms with E-state index in [4.69, 9.17) is 21.1 Å². The summed E-state index contributed by atoms with van der Waals surface area (Å²) < 4.78 is 23.1. The van der Waals surface area contributed by atoms with Crippen LogP contribution < -0.4 is 9.64 Å². The highest BCUT2D eigenvalue weighted by molar-refractivity contribution is 6.32. The smallest absolute Gasteiger partial charge is 0.344 e. The van der Waals surface area contributed by atoms with Gasteiger partial charge in [-0.25, -0.2) is 9.18 Å². The van der Waals surface area contributed by atoms with Crippen LogP contribution in [0.15, 0.2) is 42.5 Å². The van der Waals surface area contributed by atoms with Gasteiger partial charge in [-0.3, -0.25) is 9.59 Å². The Morgan fingerprint density at radius 1 is 1.14 bits per heavy atom. The van der Waals surface area contributed by atoms with Gasteiger partial charge in [0.05, 0.1) is 5.02 Å². The Hall–Kier alpha value is -2.93. The molecule has 1 fully saturated rings. The molecule has 1 saturated heterocycles. The van der Waals surface area contributed by atoms with Crippen LogP contribution in [0.5, 0.6) is 5.75 Å². The Morgan fingerprint density at radius 2 is 1.96 bits per heavy atom. The van der Waals surface area contributed by atoms with Crippen molar-refractivity contribution in [2.75, 3.05) is 24.7 Å². The fourth-order valence-electron chi connectivity index (χ4n) is 2.77. The zero-order valence-corrected chi connectivity index (χ0v) is 15.6. The number of ketones is 1. The lowest BCUT2D eigenvalue weighted by Gasteiger charge is -2.16. The van der Waals surface area contributed by atoms with Crippen LogP contribution in [-0.4, -0.2) is 37.4 Å². The zero-order chi connectivity index (χ0) is 20.1. The van der Waals surface area contributed by atoms with E-state index >= 15 is 0 Å². The number of rotatable bonds is 7. The van der Waals surface area contributed by atoms with E-state index < -0.39 is 30.8 Å². The molecule has 6 nitrogen and oxygen atoms in total. The number of hydrogen-bond donors (Lipinski definition) is 0. The lowest BCUT2D eigenvalue weighted by molar-refractivity contribution is -0.144. The third-order valence-corrected chi connectivity index (χ3v) is 4.45. The normalized spacial score (nSPS) is 13.5.